The Morgan fingerprint density at radius 1 is 1.16 bits per heavy atom. The average Bonchev–Trinajstić information content (AvgIpc) is 2.38. The minimum Gasteiger partial charge on any atom is -0.478 e. The molecule has 1 aromatic carbocycles. The zero-order valence-electron chi connectivity index (χ0n) is 11.1. The average molecular weight is 256 g/mol. The van der Waals surface area contributed by atoms with E-state index in [0.29, 0.717) is 18.4 Å². The number of aryl methyl sites for hydroxylation is 1. The SMILES string of the molecule is CC(=O)C1=CC=C(c2cc(C)ccc2C(=O)O)CC1. The first-order valence-corrected chi connectivity index (χ1v) is 6.24. The molecule has 0 radical (unpaired) electrons. The van der Waals surface area contributed by atoms with Crippen LogP contribution in [0, 0.1) is 6.92 Å². The maximum atomic E-state index is 11.3. The number of aromatic carboxylic acids is 1. The molecule has 0 heterocycles. The van der Waals surface area contributed by atoms with Crippen molar-refractivity contribution in [3.63, 3.8) is 0 Å². The number of carbonyl (C=O) groups excluding carboxylic acids is 1. The van der Waals surface area contributed by atoms with Gasteiger partial charge in [0.25, 0.3) is 0 Å². The van der Waals surface area contributed by atoms with Crippen LogP contribution in [0.3, 0.4) is 0 Å². The van der Waals surface area contributed by atoms with E-state index < -0.39 is 5.97 Å². The van der Waals surface area contributed by atoms with Gasteiger partial charge in [-0.25, -0.2) is 4.79 Å². The second-order valence-corrected chi connectivity index (χ2v) is 4.79. The van der Waals surface area contributed by atoms with Crippen molar-refractivity contribution in [1.29, 1.82) is 0 Å². The van der Waals surface area contributed by atoms with Gasteiger partial charge in [0, 0.05) is 0 Å². The number of carboxylic acids is 1. The lowest BCUT2D eigenvalue weighted by molar-refractivity contribution is -0.113. The maximum absolute atomic E-state index is 11.3. The molecule has 2 rings (SSSR count). The highest BCUT2D eigenvalue weighted by molar-refractivity contribution is 5.97. The van der Waals surface area contributed by atoms with Crippen LogP contribution in [-0.4, -0.2) is 16.9 Å². The molecule has 1 aliphatic rings. The van der Waals surface area contributed by atoms with Crippen LogP contribution in [0.4, 0.5) is 0 Å². The predicted octanol–water partition coefficient (Wildman–Crippen LogP) is 3.39. The number of rotatable bonds is 3. The van der Waals surface area contributed by atoms with E-state index in [1.54, 1.807) is 25.1 Å². The molecule has 1 aliphatic carbocycles. The van der Waals surface area contributed by atoms with Gasteiger partial charge in [0.05, 0.1) is 5.56 Å². The summed E-state index contributed by atoms with van der Waals surface area (Å²) in [4.78, 5) is 22.5. The van der Waals surface area contributed by atoms with Crippen LogP contribution in [0.2, 0.25) is 0 Å². The Balaban J connectivity index is 2.46. The Morgan fingerprint density at radius 3 is 2.42 bits per heavy atom. The molecule has 1 N–H and O–H groups in total. The minimum absolute atomic E-state index is 0.0815. The summed E-state index contributed by atoms with van der Waals surface area (Å²) in [6, 6.07) is 5.33. The van der Waals surface area contributed by atoms with Crippen molar-refractivity contribution in [2.45, 2.75) is 26.7 Å². The van der Waals surface area contributed by atoms with Gasteiger partial charge in [0.15, 0.2) is 5.78 Å². The molecule has 0 fully saturated rings. The van der Waals surface area contributed by atoms with E-state index in [1.807, 2.05) is 19.1 Å². The van der Waals surface area contributed by atoms with Crippen molar-refractivity contribution < 1.29 is 14.7 Å². The highest BCUT2D eigenvalue weighted by atomic mass is 16.4. The Hall–Kier alpha value is -2.16. The smallest absolute Gasteiger partial charge is 0.336 e. The molecule has 0 aromatic heterocycles. The highest BCUT2D eigenvalue weighted by Crippen LogP contribution is 2.30. The minimum atomic E-state index is -0.919. The standard InChI is InChI=1S/C16H16O3/c1-10-3-8-14(16(18)19)15(9-10)13-6-4-12(5-7-13)11(2)17/h3-4,6,8-9H,5,7H2,1-2H3,(H,18,19). The number of allylic oxidation sites excluding steroid dienone is 4. The summed E-state index contributed by atoms with van der Waals surface area (Å²) in [5.74, 6) is -0.838. The van der Waals surface area contributed by atoms with E-state index >= 15 is 0 Å². The van der Waals surface area contributed by atoms with E-state index in [0.717, 1.165) is 22.3 Å². The lowest BCUT2D eigenvalue weighted by atomic mass is 9.89. The van der Waals surface area contributed by atoms with Crippen LogP contribution < -0.4 is 0 Å². The topological polar surface area (TPSA) is 54.4 Å². The van der Waals surface area contributed by atoms with Crippen LogP contribution in [0.5, 0.6) is 0 Å². The van der Waals surface area contributed by atoms with Gasteiger partial charge in [0.2, 0.25) is 0 Å². The summed E-state index contributed by atoms with van der Waals surface area (Å²) in [5.41, 5.74) is 3.88. The number of hydrogen-bond donors (Lipinski definition) is 1. The Bertz CT molecular complexity index is 606. The van der Waals surface area contributed by atoms with Crippen molar-refractivity contribution in [2.75, 3.05) is 0 Å². The van der Waals surface area contributed by atoms with Crippen LogP contribution in [-0.2, 0) is 4.79 Å². The van der Waals surface area contributed by atoms with Gasteiger partial charge in [-0.1, -0.05) is 29.8 Å². The Kier molecular flexibility index (Phi) is 3.65. The summed E-state index contributed by atoms with van der Waals surface area (Å²) < 4.78 is 0. The normalized spacial score (nSPS) is 14.6. The molecular weight excluding hydrogens is 240 g/mol. The maximum Gasteiger partial charge on any atom is 0.336 e. The molecule has 0 atom stereocenters. The number of carboxylic acid groups (broad SMARTS) is 1. The summed E-state index contributed by atoms with van der Waals surface area (Å²) in [7, 11) is 0. The first-order chi connectivity index (χ1) is 8.99. The van der Waals surface area contributed by atoms with Crippen molar-refractivity contribution in [2.24, 2.45) is 0 Å². The lowest BCUT2D eigenvalue weighted by Crippen LogP contribution is -2.06. The van der Waals surface area contributed by atoms with Gasteiger partial charge in [-0.05, 0) is 49.5 Å². The number of benzene rings is 1. The third-order valence-corrected chi connectivity index (χ3v) is 3.35. The predicted molar refractivity (Wildman–Crippen MR) is 74.1 cm³/mol. The van der Waals surface area contributed by atoms with Crippen LogP contribution in [0.25, 0.3) is 5.57 Å². The summed E-state index contributed by atoms with van der Waals surface area (Å²) in [6.07, 6.45) is 5.04. The van der Waals surface area contributed by atoms with E-state index in [9.17, 15) is 14.7 Å². The quantitative estimate of drug-likeness (QED) is 0.901. The van der Waals surface area contributed by atoms with E-state index in [1.165, 1.54) is 0 Å². The summed E-state index contributed by atoms with van der Waals surface area (Å²) in [5, 5.41) is 9.23. The fraction of sp³-hybridized carbons (Fsp3) is 0.250. The number of ketones is 1. The van der Waals surface area contributed by atoms with Gasteiger partial charge in [-0.3, -0.25) is 4.79 Å². The molecule has 19 heavy (non-hydrogen) atoms. The first kappa shape index (κ1) is 13.3. The van der Waals surface area contributed by atoms with Gasteiger partial charge < -0.3 is 5.11 Å². The molecule has 98 valence electrons. The van der Waals surface area contributed by atoms with E-state index in [4.69, 9.17) is 0 Å². The monoisotopic (exact) mass is 256 g/mol. The molecule has 3 nitrogen and oxygen atoms in total. The molecule has 0 aliphatic heterocycles. The second-order valence-electron chi connectivity index (χ2n) is 4.79. The fourth-order valence-electron chi connectivity index (χ4n) is 2.27. The van der Waals surface area contributed by atoms with Crippen LogP contribution in [0.1, 0.15) is 41.3 Å². The van der Waals surface area contributed by atoms with Gasteiger partial charge in [-0.15, -0.1) is 0 Å². The molecule has 0 saturated carbocycles. The molecule has 0 amide bonds. The van der Waals surface area contributed by atoms with E-state index in [-0.39, 0.29) is 5.78 Å². The summed E-state index contributed by atoms with van der Waals surface area (Å²) in [6.45, 7) is 3.50. The first-order valence-electron chi connectivity index (χ1n) is 6.24. The fourth-order valence-corrected chi connectivity index (χ4v) is 2.27. The zero-order valence-corrected chi connectivity index (χ0v) is 11.1. The number of carbonyl (C=O) groups is 2. The van der Waals surface area contributed by atoms with Crippen molar-refractivity contribution in [3.8, 4) is 0 Å². The third kappa shape index (κ3) is 2.81. The zero-order chi connectivity index (χ0) is 14.0. The van der Waals surface area contributed by atoms with Gasteiger partial charge in [0.1, 0.15) is 0 Å². The van der Waals surface area contributed by atoms with E-state index in [2.05, 4.69) is 0 Å². The molecule has 0 bridgehead atoms. The molecule has 0 saturated heterocycles. The lowest BCUT2D eigenvalue weighted by Gasteiger charge is -2.15. The molecule has 3 heteroatoms. The second kappa shape index (κ2) is 5.22. The number of hydrogen-bond acceptors (Lipinski definition) is 2. The molecular formula is C16H16O3. The molecule has 1 aromatic rings. The molecule has 0 spiro atoms. The van der Waals surface area contributed by atoms with Crippen molar-refractivity contribution in [1.82, 2.24) is 0 Å². The van der Waals surface area contributed by atoms with Gasteiger partial charge in [-0.2, -0.15) is 0 Å². The third-order valence-electron chi connectivity index (χ3n) is 3.35. The van der Waals surface area contributed by atoms with Gasteiger partial charge >= 0.3 is 5.97 Å². The Labute approximate surface area is 112 Å². The van der Waals surface area contributed by atoms with Crippen LogP contribution in [0.15, 0.2) is 35.9 Å². The Morgan fingerprint density at radius 2 is 1.89 bits per heavy atom. The summed E-state index contributed by atoms with van der Waals surface area (Å²) >= 11 is 0. The number of Topliss-reactive ketones (excluding diaryl/α,β-unsaturated/α-hetero) is 1. The largest absolute Gasteiger partial charge is 0.478 e. The van der Waals surface area contributed by atoms with Crippen molar-refractivity contribution in [3.05, 3.63) is 52.6 Å². The van der Waals surface area contributed by atoms with Crippen molar-refractivity contribution >= 4 is 17.3 Å². The molecule has 0 unspecified atom stereocenters. The highest BCUT2D eigenvalue weighted by Gasteiger charge is 2.16. The van der Waals surface area contributed by atoms with Crippen LogP contribution >= 0.6 is 0 Å².